The van der Waals surface area contributed by atoms with Crippen LogP contribution in [0.5, 0.6) is 0 Å². The van der Waals surface area contributed by atoms with Gasteiger partial charge in [0.2, 0.25) is 0 Å². The molecular formula is C14H33B2ClN2Si2. The lowest BCUT2D eigenvalue weighted by molar-refractivity contribution is 0.327. The van der Waals surface area contributed by atoms with E-state index in [4.69, 9.17) is 11.5 Å². The Morgan fingerprint density at radius 2 is 1.52 bits per heavy atom. The van der Waals surface area contributed by atoms with Gasteiger partial charge in [-0.3, -0.25) is 0 Å². The Balaban J connectivity index is 3.03. The van der Waals surface area contributed by atoms with Crippen LogP contribution in [0.3, 0.4) is 0 Å². The Labute approximate surface area is 140 Å². The fourth-order valence-electron chi connectivity index (χ4n) is 3.75. The second-order valence-corrected chi connectivity index (χ2v) is 19.9. The Kier molecular flexibility index (Phi) is 5.63. The summed E-state index contributed by atoms with van der Waals surface area (Å²) in [6, 6.07) is 0. The number of hydrogen-bond acceptors (Lipinski definition) is 2. The average molecular weight is 343 g/mol. The molecule has 0 spiro atoms. The Hall–Kier alpha value is 0.354. The van der Waals surface area contributed by atoms with E-state index in [9.17, 15) is 0 Å². The number of allylic oxidation sites excluding steroid dienone is 1. The number of halogens is 1. The van der Waals surface area contributed by atoms with Gasteiger partial charge in [0.25, 0.3) is 6.85 Å². The highest BCUT2D eigenvalue weighted by molar-refractivity contribution is 7.19. The minimum atomic E-state index is -1.44. The minimum absolute atomic E-state index is 0.113. The van der Waals surface area contributed by atoms with Crippen LogP contribution in [0.15, 0.2) is 12.3 Å². The second-order valence-electron chi connectivity index (χ2n) is 9.32. The molecule has 0 N–H and O–H groups in total. The van der Waals surface area contributed by atoms with Gasteiger partial charge in [-0.25, -0.2) is 0 Å². The van der Waals surface area contributed by atoms with Crippen LogP contribution >= 0.6 is 11.5 Å². The third kappa shape index (κ3) is 4.43. The van der Waals surface area contributed by atoms with Gasteiger partial charge in [-0.05, 0) is 32.7 Å². The highest BCUT2D eigenvalue weighted by Gasteiger charge is 2.48. The maximum Gasteiger partial charge on any atom is 0.319 e. The molecule has 0 aromatic rings. The van der Waals surface area contributed by atoms with Crippen molar-refractivity contribution < 1.29 is 0 Å². The van der Waals surface area contributed by atoms with E-state index < -0.39 is 16.5 Å². The summed E-state index contributed by atoms with van der Waals surface area (Å²) in [6.45, 7) is 24.1. The summed E-state index contributed by atoms with van der Waals surface area (Å²) >= 11 is 7.05. The van der Waals surface area contributed by atoms with Gasteiger partial charge in [-0.1, -0.05) is 52.2 Å². The van der Waals surface area contributed by atoms with E-state index in [-0.39, 0.29) is 11.8 Å². The lowest BCUT2D eigenvalue weighted by Crippen LogP contribution is -2.66. The zero-order valence-electron chi connectivity index (χ0n) is 15.7. The van der Waals surface area contributed by atoms with Crippen molar-refractivity contribution >= 4 is 41.0 Å². The topological polar surface area (TPSA) is 6.48 Å². The van der Waals surface area contributed by atoms with Crippen molar-refractivity contribution in [1.82, 2.24) is 8.95 Å². The van der Waals surface area contributed by atoms with Gasteiger partial charge in [0.15, 0.2) is 0 Å². The van der Waals surface area contributed by atoms with Gasteiger partial charge < -0.3 is 8.95 Å². The van der Waals surface area contributed by atoms with Crippen molar-refractivity contribution in [2.45, 2.75) is 78.1 Å². The molecule has 21 heavy (non-hydrogen) atoms. The van der Waals surface area contributed by atoms with Crippen molar-refractivity contribution in [3.8, 4) is 0 Å². The molecule has 120 valence electrons. The standard InChI is InChI=1S/C14H33B2ClN2Si2/c1-14(2,3)18-12-11-13(15(18)4)16(17)19(20(5,6)7)21(8,9)10/h11-13H,1-10H3. The molecule has 0 saturated heterocycles. The molecule has 1 atom stereocenters. The van der Waals surface area contributed by atoms with Crippen LogP contribution in [0.2, 0.25) is 51.8 Å². The molecule has 1 unspecified atom stereocenters. The van der Waals surface area contributed by atoms with Crippen LogP contribution in [0.25, 0.3) is 0 Å². The number of rotatable bonds is 4. The zero-order chi connectivity index (χ0) is 16.8. The van der Waals surface area contributed by atoms with E-state index in [2.05, 4.69) is 88.1 Å². The average Bonchev–Trinajstić information content (AvgIpc) is 2.54. The van der Waals surface area contributed by atoms with Crippen LogP contribution in [0.4, 0.5) is 0 Å². The number of nitrogens with zero attached hydrogens (tertiary/aromatic N) is 2. The van der Waals surface area contributed by atoms with Crippen LogP contribution in [-0.4, -0.2) is 44.1 Å². The van der Waals surface area contributed by atoms with Crippen molar-refractivity contribution in [1.29, 1.82) is 0 Å². The van der Waals surface area contributed by atoms with Crippen LogP contribution < -0.4 is 0 Å². The monoisotopic (exact) mass is 342 g/mol. The lowest BCUT2D eigenvalue weighted by atomic mass is 9.42. The normalized spacial score (nSPS) is 20.7. The summed E-state index contributed by atoms with van der Waals surface area (Å²) in [5.74, 6) is 0. The second kappa shape index (κ2) is 6.10. The van der Waals surface area contributed by atoms with Gasteiger partial charge in [-0.2, -0.15) is 11.5 Å². The van der Waals surface area contributed by atoms with Crippen LogP contribution in [0, 0.1) is 0 Å². The predicted molar refractivity (Wildman–Crippen MR) is 106 cm³/mol. The summed E-state index contributed by atoms with van der Waals surface area (Å²) in [5.41, 5.74) is 0.564. The first-order valence-corrected chi connectivity index (χ1v) is 15.4. The minimum Gasteiger partial charge on any atom is -0.417 e. The summed E-state index contributed by atoms with van der Waals surface area (Å²) in [5, 5.41) is 0. The molecule has 1 aliphatic heterocycles. The largest absolute Gasteiger partial charge is 0.417 e. The van der Waals surface area contributed by atoms with E-state index >= 15 is 0 Å². The summed E-state index contributed by atoms with van der Waals surface area (Å²) in [4.78, 5) is 2.46. The predicted octanol–water partition coefficient (Wildman–Crippen LogP) is 4.84. The molecule has 1 aliphatic rings. The first-order chi connectivity index (χ1) is 9.17. The molecule has 0 aromatic carbocycles. The lowest BCUT2D eigenvalue weighted by Gasteiger charge is -2.48. The molecule has 0 aliphatic carbocycles. The van der Waals surface area contributed by atoms with Crippen molar-refractivity contribution in [3.05, 3.63) is 12.3 Å². The van der Waals surface area contributed by atoms with Gasteiger partial charge >= 0.3 is 6.26 Å². The van der Waals surface area contributed by atoms with E-state index in [1.165, 1.54) is 0 Å². The molecule has 0 fully saturated rings. The quantitative estimate of drug-likeness (QED) is 0.674. The molecule has 1 heterocycles. The molecule has 0 radical (unpaired) electrons. The highest BCUT2D eigenvalue weighted by atomic mass is 35.5. The first-order valence-electron chi connectivity index (χ1n) is 8.07. The molecule has 7 heteroatoms. The fourth-order valence-corrected chi connectivity index (χ4v) is 15.7. The van der Waals surface area contributed by atoms with E-state index in [1.807, 2.05) is 0 Å². The van der Waals surface area contributed by atoms with E-state index in [0.717, 1.165) is 0 Å². The Morgan fingerprint density at radius 3 is 1.81 bits per heavy atom. The molecular weight excluding hydrogens is 309 g/mol. The molecule has 1 rings (SSSR count). The third-order valence-electron chi connectivity index (χ3n) is 4.25. The molecule has 0 saturated carbocycles. The molecule has 0 bridgehead atoms. The summed E-state index contributed by atoms with van der Waals surface area (Å²) in [7, 11) is -2.88. The van der Waals surface area contributed by atoms with E-state index in [1.54, 1.807) is 0 Å². The third-order valence-corrected chi connectivity index (χ3v) is 12.5. The van der Waals surface area contributed by atoms with Crippen molar-refractivity contribution in [2.75, 3.05) is 0 Å². The smallest absolute Gasteiger partial charge is 0.319 e. The van der Waals surface area contributed by atoms with E-state index in [0.29, 0.717) is 12.6 Å². The maximum absolute atomic E-state index is 7.05. The first kappa shape index (κ1) is 19.4. The molecule has 0 aromatic heterocycles. The van der Waals surface area contributed by atoms with Crippen molar-refractivity contribution in [3.63, 3.8) is 0 Å². The highest BCUT2D eigenvalue weighted by Crippen LogP contribution is 2.37. The number of hydrogen-bond donors (Lipinski definition) is 0. The SMILES string of the molecule is CB1C(B(Cl)N([Si](C)(C)C)[Si](C)(C)C)C=CN1C(C)(C)C. The van der Waals surface area contributed by atoms with Crippen LogP contribution in [0.1, 0.15) is 20.8 Å². The van der Waals surface area contributed by atoms with Crippen LogP contribution in [-0.2, 0) is 0 Å². The van der Waals surface area contributed by atoms with Gasteiger partial charge in [0, 0.05) is 5.54 Å². The summed E-state index contributed by atoms with van der Waals surface area (Å²) in [6.07, 6.45) is 4.71. The summed E-state index contributed by atoms with van der Waals surface area (Å²) < 4.78 is 2.72. The van der Waals surface area contributed by atoms with Gasteiger partial charge in [0.1, 0.15) is 16.5 Å². The molecule has 0 amide bonds. The van der Waals surface area contributed by atoms with Crippen molar-refractivity contribution in [2.24, 2.45) is 0 Å². The van der Waals surface area contributed by atoms with Gasteiger partial charge in [0.05, 0.1) is 0 Å². The Morgan fingerprint density at radius 1 is 1.10 bits per heavy atom. The molecule has 2 nitrogen and oxygen atoms in total. The zero-order valence-corrected chi connectivity index (χ0v) is 18.4. The maximum atomic E-state index is 7.05. The van der Waals surface area contributed by atoms with Gasteiger partial charge in [-0.15, -0.1) is 0 Å². The fraction of sp³-hybridized carbons (Fsp3) is 0.857. The Bertz CT molecular complexity index is 385.